The van der Waals surface area contributed by atoms with Gasteiger partial charge in [0.2, 0.25) is 5.91 Å². The molecule has 0 unspecified atom stereocenters. The van der Waals surface area contributed by atoms with Gasteiger partial charge in [0, 0.05) is 32.4 Å². The van der Waals surface area contributed by atoms with E-state index in [0.29, 0.717) is 31.7 Å². The highest BCUT2D eigenvalue weighted by atomic mass is 16.5. The average Bonchev–Trinajstić information content (AvgIpc) is 2.67. The van der Waals surface area contributed by atoms with Crippen LogP contribution in [0.2, 0.25) is 0 Å². The monoisotopic (exact) mass is 383 g/mol. The highest BCUT2D eigenvalue weighted by molar-refractivity contribution is 5.89. The lowest BCUT2D eigenvalue weighted by Crippen LogP contribution is -2.54. The lowest BCUT2D eigenvalue weighted by molar-refractivity contribution is -0.142. The largest absolute Gasteiger partial charge is 0.497 e. The number of likely N-dealkylation sites (tertiary alicyclic amines) is 1. The fourth-order valence-corrected chi connectivity index (χ4v) is 2.88. The Bertz CT molecular complexity index is 799. The number of carbonyl (C=O) groups excluding carboxylic acids is 2. The van der Waals surface area contributed by atoms with Crippen molar-refractivity contribution in [2.24, 2.45) is 0 Å². The summed E-state index contributed by atoms with van der Waals surface area (Å²) in [5.41, 5.74) is 2.56. The second-order valence-electron chi connectivity index (χ2n) is 6.69. The summed E-state index contributed by atoms with van der Waals surface area (Å²) in [4.78, 5) is 26.0. The lowest BCUT2D eigenvalue weighted by Gasteiger charge is -2.38. The summed E-state index contributed by atoms with van der Waals surface area (Å²) in [7, 11) is 3.27. The molecule has 148 valence electrons. The van der Waals surface area contributed by atoms with Crippen LogP contribution in [0.1, 0.15) is 11.1 Å². The summed E-state index contributed by atoms with van der Waals surface area (Å²) in [5, 5.41) is 5.60. The fourth-order valence-electron chi connectivity index (χ4n) is 2.88. The van der Waals surface area contributed by atoms with Crippen molar-refractivity contribution in [2.45, 2.75) is 19.1 Å². The van der Waals surface area contributed by atoms with E-state index in [-0.39, 0.29) is 18.0 Å². The fraction of sp³-hybridized carbons (Fsp3) is 0.333. The first-order valence-corrected chi connectivity index (χ1v) is 9.14. The molecule has 0 saturated carbocycles. The van der Waals surface area contributed by atoms with Gasteiger partial charge in [-0.05, 0) is 35.4 Å². The number of hydrogen-bond donors (Lipinski definition) is 2. The zero-order chi connectivity index (χ0) is 19.9. The lowest BCUT2D eigenvalue weighted by atomic mass is 10.1. The zero-order valence-corrected chi connectivity index (χ0v) is 16.1. The van der Waals surface area contributed by atoms with E-state index in [2.05, 4.69) is 10.6 Å². The van der Waals surface area contributed by atoms with Crippen molar-refractivity contribution in [2.75, 3.05) is 32.6 Å². The van der Waals surface area contributed by atoms with Crippen molar-refractivity contribution in [1.82, 2.24) is 10.2 Å². The number of nitrogens with zero attached hydrogens (tertiary/aromatic N) is 1. The molecule has 2 aromatic carbocycles. The van der Waals surface area contributed by atoms with Gasteiger partial charge in [0.15, 0.2) is 0 Å². The zero-order valence-electron chi connectivity index (χ0n) is 16.1. The van der Waals surface area contributed by atoms with Gasteiger partial charge in [-0.25, -0.2) is 4.79 Å². The van der Waals surface area contributed by atoms with E-state index in [1.807, 2.05) is 36.4 Å². The molecule has 0 aromatic heterocycles. The summed E-state index contributed by atoms with van der Waals surface area (Å²) in [6.07, 6.45) is 0.507. The molecule has 7 heteroatoms. The maximum Gasteiger partial charge on any atom is 0.319 e. The Kier molecular flexibility index (Phi) is 6.49. The van der Waals surface area contributed by atoms with Crippen molar-refractivity contribution in [3.8, 4) is 5.75 Å². The van der Waals surface area contributed by atoms with Crippen molar-refractivity contribution >= 4 is 17.6 Å². The minimum atomic E-state index is -0.286. The summed E-state index contributed by atoms with van der Waals surface area (Å²) >= 11 is 0. The third-order valence-corrected chi connectivity index (χ3v) is 4.71. The number of anilines is 1. The van der Waals surface area contributed by atoms with Crippen molar-refractivity contribution < 1.29 is 19.1 Å². The van der Waals surface area contributed by atoms with E-state index < -0.39 is 0 Å². The summed E-state index contributed by atoms with van der Waals surface area (Å²) in [5.74, 6) is 0.866. The molecule has 0 atom stereocenters. The standard InChI is InChI=1S/C21H25N3O4/c1-27-18-9-5-16(6-10-18)12-22-21(26)23-17-7-3-15(4-8-17)11-20(25)24-13-19(14-24)28-2/h3-10,19H,11-14H2,1-2H3,(H2,22,23,26). The van der Waals surface area contributed by atoms with Crippen LogP contribution in [0.4, 0.5) is 10.5 Å². The SMILES string of the molecule is COc1ccc(CNC(=O)Nc2ccc(CC(=O)N3CC(OC)C3)cc2)cc1. The number of carbonyl (C=O) groups is 2. The molecule has 2 aromatic rings. The van der Waals surface area contributed by atoms with Gasteiger partial charge >= 0.3 is 6.03 Å². The minimum Gasteiger partial charge on any atom is -0.497 e. The second kappa shape index (κ2) is 9.23. The van der Waals surface area contributed by atoms with Gasteiger partial charge in [-0.1, -0.05) is 24.3 Å². The van der Waals surface area contributed by atoms with E-state index in [1.54, 1.807) is 31.3 Å². The highest BCUT2D eigenvalue weighted by Crippen LogP contribution is 2.15. The molecule has 1 heterocycles. The topological polar surface area (TPSA) is 79.9 Å². The molecule has 0 bridgehead atoms. The van der Waals surface area contributed by atoms with E-state index in [1.165, 1.54) is 0 Å². The number of urea groups is 1. The van der Waals surface area contributed by atoms with Crippen LogP contribution in [-0.2, 0) is 22.5 Å². The average molecular weight is 383 g/mol. The summed E-state index contributed by atoms with van der Waals surface area (Å²) < 4.78 is 10.3. The number of methoxy groups -OCH3 is 2. The normalized spacial score (nSPS) is 13.6. The van der Waals surface area contributed by atoms with Crippen molar-refractivity contribution in [3.63, 3.8) is 0 Å². The number of nitrogens with one attached hydrogen (secondary N) is 2. The van der Waals surface area contributed by atoms with Crippen LogP contribution in [0.5, 0.6) is 5.75 Å². The van der Waals surface area contributed by atoms with Gasteiger partial charge in [-0.15, -0.1) is 0 Å². The number of benzene rings is 2. The van der Waals surface area contributed by atoms with Gasteiger partial charge in [-0.3, -0.25) is 4.79 Å². The first-order valence-electron chi connectivity index (χ1n) is 9.14. The Balaban J connectivity index is 1.43. The maximum absolute atomic E-state index is 12.2. The molecule has 0 radical (unpaired) electrons. The summed E-state index contributed by atoms with van der Waals surface area (Å²) in [6, 6.07) is 14.5. The molecule has 28 heavy (non-hydrogen) atoms. The van der Waals surface area contributed by atoms with Crippen LogP contribution in [-0.4, -0.2) is 50.3 Å². The molecule has 0 aliphatic carbocycles. The Morgan fingerprint density at radius 1 is 1.00 bits per heavy atom. The van der Waals surface area contributed by atoms with E-state index in [4.69, 9.17) is 9.47 Å². The van der Waals surface area contributed by atoms with E-state index >= 15 is 0 Å². The van der Waals surface area contributed by atoms with Crippen LogP contribution in [0, 0.1) is 0 Å². The molecular formula is C21H25N3O4. The van der Waals surface area contributed by atoms with E-state index in [0.717, 1.165) is 16.9 Å². The van der Waals surface area contributed by atoms with Gasteiger partial charge in [0.05, 0.1) is 19.6 Å². The molecule has 1 aliphatic heterocycles. The number of amides is 3. The first-order chi connectivity index (χ1) is 13.6. The molecule has 1 aliphatic rings. The third kappa shape index (κ3) is 5.23. The van der Waals surface area contributed by atoms with Gasteiger partial charge in [-0.2, -0.15) is 0 Å². The van der Waals surface area contributed by atoms with Crippen LogP contribution in [0.25, 0.3) is 0 Å². The van der Waals surface area contributed by atoms with Gasteiger partial charge in [0.25, 0.3) is 0 Å². The molecule has 1 saturated heterocycles. The predicted octanol–water partition coefficient (Wildman–Crippen LogP) is 2.42. The molecule has 7 nitrogen and oxygen atoms in total. The van der Waals surface area contributed by atoms with Crippen LogP contribution < -0.4 is 15.4 Å². The number of rotatable bonds is 7. The minimum absolute atomic E-state index is 0.0891. The molecular weight excluding hydrogens is 358 g/mol. The number of hydrogen-bond acceptors (Lipinski definition) is 4. The molecule has 0 spiro atoms. The Morgan fingerprint density at radius 3 is 2.25 bits per heavy atom. The summed E-state index contributed by atoms with van der Waals surface area (Å²) in [6.45, 7) is 1.73. The number of ether oxygens (including phenoxy) is 2. The van der Waals surface area contributed by atoms with Crippen LogP contribution in [0.15, 0.2) is 48.5 Å². The quantitative estimate of drug-likeness (QED) is 0.770. The van der Waals surface area contributed by atoms with Crippen molar-refractivity contribution in [3.05, 3.63) is 59.7 Å². The van der Waals surface area contributed by atoms with E-state index in [9.17, 15) is 9.59 Å². The van der Waals surface area contributed by atoms with Gasteiger partial charge < -0.3 is 25.0 Å². The van der Waals surface area contributed by atoms with Gasteiger partial charge in [0.1, 0.15) is 5.75 Å². The third-order valence-electron chi connectivity index (χ3n) is 4.71. The Hall–Kier alpha value is -3.06. The first kappa shape index (κ1) is 19.7. The molecule has 2 N–H and O–H groups in total. The Labute approximate surface area is 164 Å². The second-order valence-corrected chi connectivity index (χ2v) is 6.69. The Morgan fingerprint density at radius 2 is 1.64 bits per heavy atom. The van der Waals surface area contributed by atoms with Crippen LogP contribution >= 0.6 is 0 Å². The van der Waals surface area contributed by atoms with Crippen LogP contribution in [0.3, 0.4) is 0 Å². The van der Waals surface area contributed by atoms with Crippen molar-refractivity contribution in [1.29, 1.82) is 0 Å². The molecule has 3 rings (SSSR count). The smallest absolute Gasteiger partial charge is 0.319 e. The molecule has 3 amide bonds. The molecule has 1 fully saturated rings. The predicted molar refractivity (Wildman–Crippen MR) is 106 cm³/mol. The maximum atomic E-state index is 12.2. The highest BCUT2D eigenvalue weighted by Gasteiger charge is 2.30.